The highest BCUT2D eigenvalue weighted by atomic mass is 35.5. The molecule has 4 aromatic rings. The zero-order chi connectivity index (χ0) is 36.2. The molecule has 0 radical (unpaired) electrons. The van der Waals surface area contributed by atoms with Crippen LogP contribution in [0.3, 0.4) is 0 Å². The molecule has 2 aliphatic heterocycles. The number of hydrogen-bond acceptors (Lipinski definition) is 6. The summed E-state index contributed by atoms with van der Waals surface area (Å²) in [4.78, 5) is 39.1. The van der Waals surface area contributed by atoms with Crippen molar-refractivity contribution < 1.29 is 41.1 Å². The van der Waals surface area contributed by atoms with Crippen LogP contribution >= 0.6 is 11.6 Å². The highest BCUT2D eigenvalue weighted by Crippen LogP contribution is 2.35. The van der Waals surface area contributed by atoms with E-state index in [-0.39, 0.29) is 33.1 Å². The molecule has 0 aliphatic carbocycles. The molecule has 1 saturated heterocycles. The van der Waals surface area contributed by atoms with Gasteiger partial charge in [-0.1, -0.05) is 48.0 Å². The van der Waals surface area contributed by atoms with Gasteiger partial charge in [0, 0.05) is 42.1 Å². The Morgan fingerprint density at radius 2 is 1.52 bits per heavy atom. The molecule has 0 atom stereocenters. The van der Waals surface area contributed by atoms with Crippen molar-refractivity contribution in [1.82, 2.24) is 14.4 Å². The summed E-state index contributed by atoms with van der Waals surface area (Å²) in [6.45, 7) is 2.80. The molecule has 16 heteroatoms. The maximum atomic E-state index is 13.6. The van der Waals surface area contributed by atoms with Crippen LogP contribution in [0.25, 0.3) is 5.69 Å². The van der Waals surface area contributed by atoms with Crippen molar-refractivity contribution in [3.05, 3.63) is 106 Å². The standard InChI is InChI=1S/C32H32ClN5O4S.C2HF3O2/c33-30-29(31(34)39)26-21-37(18-15-27(26)38(30)24-9-3-1-4-10-24)32(40)35-23-13-14-28(22(19-23)20-36-16-7-8-17-36)43(41,42)25-11-5-2-6-12-25;3-2(4,5)1(6)7/h1-6,9-14,19H,7-8,15-18,20-21H2,(H2,34,39)(H,35,40);(H,6,7). The molecule has 3 amide bonds. The number of aliphatic carboxylic acids is 1. The second kappa shape index (κ2) is 14.9. The van der Waals surface area contributed by atoms with Crippen molar-refractivity contribution in [1.29, 1.82) is 0 Å². The Labute approximate surface area is 291 Å². The van der Waals surface area contributed by atoms with E-state index >= 15 is 0 Å². The van der Waals surface area contributed by atoms with Crippen molar-refractivity contribution in [2.24, 2.45) is 5.73 Å². The largest absolute Gasteiger partial charge is 0.490 e. The number of amides is 3. The van der Waals surface area contributed by atoms with Crippen LogP contribution in [-0.4, -0.2) is 71.6 Å². The molecule has 0 unspecified atom stereocenters. The Morgan fingerprint density at radius 3 is 2.10 bits per heavy atom. The summed E-state index contributed by atoms with van der Waals surface area (Å²) in [6.07, 6.45) is -2.48. The average Bonchev–Trinajstić information content (AvgIpc) is 3.70. The molecular weight excluding hydrogens is 699 g/mol. The van der Waals surface area contributed by atoms with E-state index in [1.165, 1.54) is 0 Å². The first-order valence-corrected chi connectivity index (χ1v) is 17.3. The van der Waals surface area contributed by atoms with Crippen LogP contribution in [0, 0.1) is 0 Å². The molecule has 0 bridgehead atoms. The highest BCUT2D eigenvalue weighted by molar-refractivity contribution is 7.91. The van der Waals surface area contributed by atoms with Gasteiger partial charge >= 0.3 is 18.2 Å². The fourth-order valence-electron chi connectivity index (χ4n) is 6.00. The Balaban J connectivity index is 0.000000630. The number of hydrogen-bond donors (Lipinski definition) is 3. The summed E-state index contributed by atoms with van der Waals surface area (Å²) in [5.74, 6) is -3.41. The number of sulfone groups is 1. The molecule has 50 heavy (non-hydrogen) atoms. The van der Waals surface area contributed by atoms with Crippen LogP contribution in [0.2, 0.25) is 5.15 Å². The Bertz CT molecular complexity index is 2000. The molecule has 0 saturated carbocycles. The van der Waals surface area contributed by atoms with Gasteiger partial charge in [0.25, 0.3) is 5.91 Å². The third-order valence-electron chi connectivity index (χ3n) is 8.33. The molecule has 11 nitrogen and oxygen atoms in total. The van der Waals surface area contributed by atoms with Crippen LogP contribution in [-0.2, 0) is 34.1 Å². The molecule has 4 N–H and O–H groups in total. The van der Waals surface area contributed by atoms with E-state index in [2.05, 4.69) is 10.2 Å². The summed E-state index contributed by atoms with van der Waals surface area (Å²) < 4.78 is 60.7. The molecule has 3 aromatic carbocycles. The summed E-state index contributed by atoms with van der Waals surface area (Å²) in [5.41, 5.74) is 9.36. The molecule has 1 fully saturated rings. The van der Waals surface area contributed by atoms with Crippen molar-refractivity contribution in [2.45, 2.75) is 48.3 Å². The van der Waals surface area contributed by atoms with E-state index in [1.807, 2.05) is 34.9 Å². The van der Waals surface area contributed by atoms with Crippen molar-refractivity contribution >= 4 is 45.0 Å². The van der Waals surface area contributed by atoms with E-state index in [1.54, 1.807) is 53.4 Å². The Kier molecular flexibility index (Phi) is 10.9. The van der Waals surface area contributed by atoms with E-state index in [4.69, 9.17) is 27.2 Å². The number of alkyl halides is 3. The highest BCUT2D eigenvalue weighted by Gasteiger charge is 2.38. The average molecular weight is 732 g/mol. The van der Waals surface area contributed by atoms with Gasteiger partial charge in [-0.05, 0) is 74.0 Å². The molecule has 264 valence electrons. The zero-order valence-electron chi connectivity index (χ0n) is 26.5. The predicted octanol–water partition coefficient (Wildman–Crippen LogP) is 5.88. The lowest BCUT2D eigenvalue weighted by Gasteiger charge is -2.29. The van der Waals surface area contributed by atoms with E-state index < -0.39 is 27.9 Å². The maximum absolute atomic E-state index is 13.6. The number of fused-ring (bicyclic) bond motifs is 1. The number of urea groups is 1. The minimum absolute atomic E-state index is 0.153. The number of carboxylic acid groups (broad SMARTS) is 1. The number of primary amides is 1. The SMILES string of the molecule is NC(=O)c1c2c(n(-c3ccccc3)c1Cl)CCN(C(=O)Nc1ccc(S(=O)(=O)c3ccccc3)c(CN3CCCC3)c1)C2.O=C(O)C(F)(F)F. The van der Waals surface area contributed by atoms with Gasteiger partial charge < -0.3 is 25.6 Å². The van der Waals surface area contributed by atoms with E-state index in [9.17, 15) is 31.2 Å². The van der Waals surface area contributed by atoms with Gasteiger partial charge in [0.1, 0.15) is 5.15 Å². The van der Waals surface area contributed by atoms with Crippen molar-refractivity contribution in [2.75, 3.05) is 25.0 Å². The van der Waals surface area contributed by atoms with Crippen LogP contribution in [0.15, 0.2) is 88.7 Å². The second-order valence-corrected chi connectivity index (χ2v) is 13.9. The minimum Gasteiger partial charge on any atom is -0.475 e. The third kappa shape index (κ3) is 7.95. The number of carbonyl (C=O) groups excluding carboxylic acids is 2. The number of likely N-dealkylation sites (tertiary alicyclic amines) is 1. The lowest BCUT2D eigenvalue weighted by atomic mass is 10.0. The number of para-hydroxylation sites is 1. The number of nitrogens with zero attached hydrogens (tertiary/aromatic N) is 3. The number of carboxylic acids is 1. The summed E-state index contributed by atoms with van der Waals surface area (Å²) in [6, 6.07) is 22.4. The first-order chi connectivity index (χ1) is 23.7. The molecule has 6 rings (SSSR count). The topological polar surface area (TPSA) is 155 Å². The summed E-state index contributed by atoms with van der Waals surface area (Å²) in [7, 11) is -3.76. The Hall–Kier alpha value is -4.86. The first kappa shape index (κ1) is 36.4. The van der Waals surface area contributed by atoms with Gasteiger partial charge in [0.15, 0.2) is 0 Å². The molecule has 2 aliphatic rings. The van der Waals surface area contributed by atoms with E-state index in [0.29, 0.717) is 36.3 Å². The normalized spacial score (nSPS) is 14.8. The van der Waals surface area contributed by atoms with Crippen molar-refractivity contribution in [3.63, 3.8) is 0 Å². The third-order valence-corrected chi connectivity index (χ3v) is 10.6. The fraction of sp³-hybridized carbons (Fsp3) is 0.265. The van der Waals surface area contributed by atoms with Crippen LogP contribution in [0.4, 0.5) is 23.7 Å². The lowest BCUT2D eigenvalue weighted by molar-refractivity contribution is -0.192. The van der Waals surface area contributed by atoms with Gasteiger partial charge in [0.05, 0.1) is 21.9 Å². The second-order valence-electron chi connectivity index (χ2n) is 11.7. The van der Waals surface area contributed by atoms with Gasteiger partial charge in [-0.2, -0.15) is 13.2 Å². The number of carbonyl (C=O) groups is 3. The maximum Gasteiger partial charge on any atom is 0.490 e. The number of nitrogens with two attached hydrogens (primary N) is 1. The van der Waals surface area contributed by atoms with Crippen molar-refractivity contribution in [3.8, 4) is 5.69 Å². The quantitative estimate of drug-likeness (QED) is 0.214. The number of benzene rings is 3. The summed E-state index contributed by atoms with van der Waals surface area (Å²) >= 11 is 6.68. The lowest BCUT2D eigenvalue weighted by Crippen LogP contribution is -2.39. The Morgan fingerprint density at radius 1 is 0.920 bits per heavy atom. The number of aromatic nitrogens is 1. The number of nitrogens with one attached hydrogen (secondary N) is 1. The minimum atomic E-state index is -5.08. The number of anilines is 1. The van der Waals surface area contributed by atoms with Gasteiger partial charge in [-0.25, -0.2) is 18.0 Å². The van der Waals surface area contributed by atoms with Gasteiger partial charge in [-0.15, -0.1) is 0 Å². The molecule has 1 aromatic heterocycles. The monoisotopic (exact) mass is 731 g/mol. The molecular formula is C34H33ClF3N5O6S. The number of rotatable bonds is 7. The van der Waals surface area contributed by atoms with Gasteiger partial charge in [-0.3, -0.25) is 9.69 Å². The summed E-state index contributed by atoms with van der Waals surface area (Å²) in [5, 5.41) is 10.3. The van der Waals surface area contributed by atoms with E-state index in [0.717, 1.165) is 37.3 Å². The molecule has 3 heterocycles. The predicted molar refractivity (Wildman–Crippen MR) is 179 cm³/mol. The van der Waals surface area contributed by atoms with Gasteiger partial charge in [0.2, 0.25) is 9.84 Å². The zero-order valence-corrected chi connectivity index (χ0v) is 28.1. The smallest absolute Gasteiger partial charge is 0.475 e. The fourth-order valence-corrected chi connectivity index (χ4v) is 7.89. The van der Waals surface area contributed by atoms with Crippen LogP contribution in [0.5, 0.6) is 0 Å². The number of halogens is 4. The van der Waals surface area contributed by atoms with Crippen LogP contribution in [0.1, 0.15) is 40.0 Å². The first-order valence-electron chi connectivity index (χ1n) is 15.5. The van der Waals surface area contributed by atoms with Crippen LogP contribution < -0.4 is 11.1 Å². The molecule has 0 spiro atoms.